The van der Waals surface area contributed by atoms with Crippen LogP contribution in [0.15, 0.2) is 6.33 Å². The van der Waals surface area contributed by atoms with Crippen molar-refractivity contribution in [1.29, 1.82) is 0 Å². The number of alkyl halides is 1. The molecule has 16 heavy (non-hydrogen) atoms. The van der Waals surface area contributed by atoms with E-state index >= 15 is 0 Å². The molecule has 0 saturated heterocycles. The van der Waals surface area contributed by atoms with Crippen molar-refractivity contribution in [2.45, 2.75) is 25.3 Å². The van der Waals surface area contributed by atoms with Crippen molar-refractivity contribution in [3.63, 3.8) is 0 Å². The second-order valence-electron chi connectivity index (χ2n) is 3.95. The van der Waals surface area contributed by atoms with Gasteiger partial charge in [-0.3, -0.25) is 0 Å². The van der Waals surface area contributed by atoms with Gasteiger partial charge in [-0.1, -0.05) is 0 Å². The highest BCUT2D eigenvalue weighted by Crippen LogP contribution is 2.25. The van der Waals surface area contributed by atoms with E-state index in [-0.39, 0.29) is 6.04 Å². The maximum absolute atomic E-state index is 5.86. The number of aryl methyl sites for hydroxylation is 1. The fraction of sp³-hybridized carbons (Fsp3) is 0.636. The van der Waals surface area contributed by atoms with Crippen LogP contribution in [-0.4, -0.2) is 35.6 Å². The Bertz CT molecular complexity index is 359. The molecule has 1 aliphatic carbocycles. The lowest BCUT2D eigenvalue weighted by Gasteiger charge is -2.17. The lowest BCUT2D eigenvalue weighted by atomic mass is 10.2. The molecule has 0 saturated carbocycles. The van der Waals surface area contributed by atoms with Crippen LogP contribution < -0.4 is 5.32 Å². The average Bonchev–Trinajstić information content (AvgIpc) is 2.77. The lowest BCUT2D eigenvalue weighted by Crippen LogP contribution is -2.27. The van der Waals surface area contributed by atoms with Gasteiger partial charge in [0.2, 0.25) is 0 Å². The summed E-state index contributed by atoms with van der Waals surface area (Å²) in [6.45, 7) is 0.586. The zero-order valence-electron chi connectivity index (χ0n) is 9.37. The maximum Gasteiger partial charge on any atom is 0.133 e. The van der Waals surface area contributed by atoms with Crippen molar-refractivity contribution in [3.8, 4) is 0 Å². The number of ether oxygens (including phenoxy) is 1. The zero-order valence-corrected chi connectivity index (χ0v) is 10.1. The minimum absolute atomic E-state index is 0.103. The molecule has 1 N–H and O–H groups in total. The SMILES string of the molecule is COCC(CCl)Nc1ncnc2c1CCC2. The number of nitrogens with zero attached hydrogens (tertiary/aromatic N) is 2. The van der Waals surface area contributed by atoms with Gasteiger partial charge in [0.25, 0.3) is 0 Å². The first-order valence-electron chi connectivity index (χ1n) is 5.49. The monoisotopic (exact) mass is 241 g/mol. The minimum atomic E-state index is 0.103. The van der Waals surface area contributed by atoms with Crippen molar-refractivity contribution in [2.24, 2.45) is 0 Å². The van der Waals surface area contributed by atoms with Gasteiger partial charge in [-0.25, -0.2) is 9.97 Å². The third-order valence-corrected chi connectivity index (χ3v) is 3.14. The van der Waals surface area contributed by atoms with E-state index in [1.807, 2.05) is 0 Å². The van der Waals surface area contributed by atoms with Gasteiger partial charge in [-0.2, -0.15) is 0 Å². The summed E-state index contributed by atoms with van der Waals surface area (Å²) in [7, 11) is 1.67. The van der Waals surface area contributed by atoms with Crippen LogP contribution in [0.25, 0.3) is 0 Å². The maximum atomic E-state index is 5.86. The topological polar surface area (TPSA) is 47.0 Å². The second-order valence-corrected chi connectivity index (χ2v) is 4.26. The van der Waals surface area contributed by atoms with E-state index in [1.54, 1.807) is 13.4 Å². The van der Waals surface area contributed by atoms with Gasteiger partial charge >= 0.3 is 0 Å². The molecule has 0 bridgehead atoms. The number of halogens is 1. The highest BCUT2D eigenvalue weighted by molar-refractivity contribution is 6.18. The van der Waals surface area contributed by atoms with Gasteiger partial charge in [0.05, 0.1) is 12.6 Å². The van der Waals surface area contributed by atoms with E-state index in [0.29, 0.717) is 12.5 Å². The molecular weight excluding hydrogens is 226 g/mol. The Morgan fingerprint density at radius 3 is 3.12 bits per heavy atom. The summed E-state index contributed by atoms with van der Waals surface area (Å²) < 4.78 is 5.10. The first-order chi connectivity index (χ1) is 7.85. The zero-order chi connectivity index (χ0) is 11.4. The number of fused-ring (bicyclic) bond motifs is 1. The molecule has 0 radical (unpaired) electrons. The predicted molar refractivity (Wildman–Crippen MR) is 64.1 cm³/mol. The lowest BCUT2D eigenvalue weighted by molar-refractivity contribution is 0.191. The highest BCUT2D eigenvalue weighted by atomic mass is 35.5. The summed E-state index contributed by atoms with van der Waals surface area (Å²) in [5, 5.41) is 3.32. The summed E-state index contributed by atoms with van der Waals surface area (Å²) in [5.41, 5.74) is 2.41. The molecular formula is C11H16ClN3O. The van der Waals surface area contributed by atoms with Crippen molar-refractivity contribution in [3.05, 3.63) is 17.6 Å². The van der Waals surface area contributed by atoms with E-state index in [1.165, 1.54) is 17.7 Å². The summed E-state index contributed by atoms with van der Waals surface area (Å²) >= 11 is 5.86. The van der Waals surface area contributed by atoms with Crippen LogP contribution in [-0.2, 0) is 17.6 Å². The summed E-state index contributed by atoms with van der Waals surface area (Å²) in [6, 6.07) is 0.103. The molecule has 2 rings (SSSR count). The second kappa shape index (κ2) is 5.46. The van der Waals surface area contributed by atoms with E-state index in [4.69, 9.17) is 16.3 Å². The predicted octanol–water partition coefficient (Wildman–Crippen LogP) is 1.63. The van der Waals surface area contributed by atoms with Gasteiger partial charge in [-0.05, 0) is 19.3 Å². The van der Waals surface area contributed by atoms with Gasteiger partial charge < -0.3 is 10.1 Å². The number of anilines is 1. The normalized spacial score (nSPS) is 15.9. The van der Waals surface area contributed by atoms with E-state index in [9.17, 15) is 0 Å². The molecule has 0 fully saturated rings. The third kappa shape index (κ3) is 2.44. The molecule has 1 unspecified atom stereocenters. The Hall–Kier alpha value is -0.870. The molecule has 88 valence electrons. The fourth-order valence-electron chi connectivity index (χ4n) is 2.00. The highest BCUT2D eigenvalue weighted by Gasteiger charge is 2.18. The van der Waals surface area contributed by atoms with Crippen LogP contribution in [0, 0.1) is 0 Å². The van der Waals surface area contributed by atoms with Crippen LogP contribution >= 0.6 is 11.6 Å². The molecule has 1 heterocycles. The van der Waals surface area contributed by atoms with Crippen LogP contribution in [0.3, 0.4) is 0 Å². The van der Waals surface area contributed by atoms with E-state index in [2.05, 4.69) is 15.3 Å². The van der Waals surface area contributed by atoms with Crippen LogP contribution in [0.2, 0.25) is 0 Å². The Kier molecular flexibility index (Phi) is 3.96. The largest absolute Gasteiger partial charge is 0.383 e. The van der Waals surface area contributed by atoms with Crippen LogP contribution in [0.1, 0.15) is 17.7 Å². The first-order valence-corrected chi connectivity index (χ1v) is 6.02. The number of methoxy groups -OCH3 is 1. The first kappa shape index (κ1) is 11.6. The Balaban J connectivity index is 2.12. The molecule has 1 aliphatic rings. The van der Waals surface area contributed by atoms with Gasteiger partial charge in [0.15, 0.2) is 0 Å². The third-order valence-electron chi connectivity index (χ3n) is 2.77. The quantitative estimate of drug-likeness (QED) is 0.796. The number of aromatic nitrogens is 2. The van der Waals surface area contributed by atoms with Crippen LogP contribution in [0.4, 0.5) is 5.82 Å². The minimum Gasteiger partial charge on any atom is -0.383 e. The number of hydrogen-bond donors (Lipinski definition) is 1. The van der Waals surface area contributed by atoms with Crippen molar-refractivity contribution in [1.82, 2.24) is 9.97 Å². The number of nitrogens with one attached hydrogen (secondary N) is 1. The molecule has 0 spiro atoms. The Labute approximate surface area is 100 Å². The Morgan fingerprint density at radius 2 is 2.38 bits per heavy atom. The molecule has 1 aromatic heterocycles. The average molecular weight is 242 g/mol. The summed E-state index contributed by atoms with van der Waals surface area (Å²) in [5.74, 6) is 1.43. The smallest absolute Gasteiger partial charge is 0.133 e. The van der Waals surface area contributed by atoms with Crippen molar-refractivity contribution < 1.29 is 4.74 Å². The molecule has 1 aromatic rings. The number of hydrogen-bond acceptors (Lipinski definition) is 4. The van der Waals surface area contributed by atoms with Gasteiger partial charge in [-0.15, -0.1) is 11.6 Å². The van der Waals surface area contributed by atoms with Crippen LogP contribution in [0.5, 0.6) is 0 Å². The van der Waals surface area contributed by atoms with Gasteiger partial charge in [0, 0.05) is 24.2 Å². The molecule has 0 aromatic carbocycles. The van der Waals surface area contributed by atoms with Gasteiger partial charge in [0.1, 0.15) is 12.1 Å². The molecule has 0 aliphatic heterocycles. The van der Waals surface area contributed by atoms with Crippen molar-refractivity contribution >= 4 is 17.4 Å². The fourth-order valence-corrected chi connectivity index (χ4v) is 2.17. The molecule has 5 heteroatoms. The standard InChI is InChI=1S/C11H16ClN3O/c1-16-6-8(5-12)15-11-9-3-2-4-10(9)13-7-14-11/h7-8H,2-6H2,1H3,(H,13,14,15). The van der Waals surface area contributed by atoms with E-state index in [0.717, 1.165) is 18.7 Å². The van der Waals surface area contributed by atoms with Crippen molar-refractivity contribution in [2.75, 3.05) is 24.9 Å². The molecule has 0 amide bonds. The molecule has 1 atom stereocenters. The summed E-state index contributed by atoms with van der Waals surface area (Å²) in [4.78, 5) is 8.57. The molecule has 4 nitrogen and oxygen atoms in total. The Morgan fingerprint density at radius 1 is 1.50 bits per heavy atom. The summed E-state index contributed by atoms with van der Waals surface area (Å²) in [6.07, 6.45) is 4.89. The number of rotatable bonds is 5. The van der Waals surface area contributed by atoms with E-state index < -0.39 is 0 Å².